The molecule has 3 amide bonds. The fourth-order valence-corrected chi connectivity index (χ4v) is 4.74. The minimum absolute atomic E-state index is 0.0138. The molecule has 3 atom stereocenters. The number of carbonyl (C=O) groups is 3. The summed E-state index contributed by atoms with van der Waals surface area (Å²) in [4.78, 5) is 42.1. The minimum Gasteiger partial charge on any atom is -0.444 e. The van der Waals surface area contributed by atoms with Gasteiger partial charge in [-0.15, -0.1) is 0 Å². The number of aryl methyl sites for hydroxylation is 2. The standard InChI is InChI=1S/C28H47N3O4S/c1-10-13-21(5)29-25(32)24(23-19(3)14-12-15-20(23)4)31(17-11-2)26(33)22(16-18-36-9)30-27(34)35-28(6,7)8/h12,14-15,21-22,24H,10-11,13,16-18H2,1-9H3,(H,29,32)(H,30,34). The zero-order valence-corrected chi connectivity index (χ0v) is 24.5. The first kappa shape index (κ1) is 31.8. The van der Waals surface area contributed by atoms with Crippen molar-refractivity contribution in [2.45, 2.75) is 105 Å². The van der Waals surface area contributed by atoms with Gasteiger partial charge in [0.25, 0.3) is 0 Å². The van der Waals surface area contributed by atoms with Crippen molar-refractivity contribution in [3.63, 3.8) is 0 Å². The number of rotatable bonds is 13. The van der Waals surface area contributed by atoms with E-state index in [1.54, 1.807) is 37.4 Å². The summed E-state index contributed by atoms with van der Waals surface area (Å²) in [6.07, 6.45) is 4.23. The van der Waals surface area contributed by atoms with Crippen LogP contribution in [0, 0.1) is 13.8 Å². The number of alkyl carbamates (subject to hydrolysis) is 1. The SMILES string of the molecule is CCCC(C)NC(=O)C(c1c(C)cccc1C)N(CCC)C(=O)C(CCSC)NC(=O)OC(C)(C)C. The molecule has 0 aliphatic rings. The number of carbonyl (C=O) groups excluding carboxylic acids is 3. The summed E-state index contributed by atoms with van der Waals surface area (Å²) in [6.45, 7) is 15.7. The van der Waals surface area contributed by atoms with E-state index in [9.17, 15) is 14.4 Å². The molecule has 8 heteroatoms. The maximum atomic E-state index is 14.1. The lowest BCUT2D eigenvalue weighted by molar-refractivity contribution is -0.142. The van der Waals surface area contributed by atoms with Gasteiger partial charge in [-0.1, -0.05) is 38.5 Å². The topological polar surface area (TPSA) is 87.7 Å². The highest BCUT2D eigenvalue weighted by atomic mass is 32.2. The van der Waals surface area contributed by atoms with E-state index in [2.05, 4.69) is 17.6 Å². The van der Waals surface area contributed by atoms with E-state index in [-0.39, 0.29) is 17.9 Å². The van der Waals surface area contributed by atoms with Crippen molar-refractivity contribution in [2.75, 3.05) is 18.6 Å². The van der Waals surface area contributed by atoms with E-state index < -0.39 is 23.8 Å². The third kappa shape index (κ3) is 10.0. The zero-order valence-electron chi connectivity index (χ0n) is 23.7. The van der Waals surface area contributed by atoms with E-state index in [0.29, 0.717) is 25.1 Å². The Hall–Kier alpha value is -2.22. The summed E-state index contributed by atoms with van der Waals surface area (Å²) in [5, 5.41) is 5.92. The van der Waals surface area contributed by atoms with Crippen LogP contribution >= 0.6 is 11.8 Å². The van der Waals surface area contributed by atoms with Crippen molar-refractivity contribution in [3.8, 4) is 0 Å². The van der Waals surface area contributed by atoms with Gasteiger partial charge in [-0.25, -0.2) is 4.79 Å². The first-order valence-electron chi connectivity index (χ1n) is 13.0. The maximum absolute atomic E-state index is 14.1. The largest absolute Gasteiger partial charge is 0.444 e. The molecule has 0 saturated carbocycles. The van der Waals surface area contributed by atoms with Crippen LogP contribution in [0.4, 0.5) is 4.79 Å². The Morgan fingerprint density at radius 1 is 1.03 bits per heavy atom. The van der Waals surface area contributed by atoms with E-state index in [0.717, 1.165) is 29.5 Å². The molecule has 0 aliphatic carbocycles. The highest BCUT2D eigenvalue weighted by Crippen LogP contribution is 2.29. The average Bonchev–Trinajstić information content (AvgIpc) is 2.76. The van der Waals surface area contributed by atoms with Gasteiger partial charge in [0.15, 0.2) is 0 Å². The molecule has 0 aliphatic heterocycles. The van der Waals surface area contributed by atoms with Crippen molar-refractivity contribution < 1.29 is 19.1 Å². The molecular formula is C28H47N3O4S. The Balaban J connectivity index is 3.50. The van der Waals surface area contributed by atoms with Gasteiger partial charge in [0.2, 0.25) is 11.8 Å². The lowest BCUT2D eigenvalue weighted by Crippen LogP contribution is -2.54. The van der Waals surface area contributed by atoms with Crippen molar-refractivity contribution >= 4 is 29.7 Å². The molecule has 204 valence electrons. The second-order valence-corrected chi connectivity index (χ2v) is 11.4. The molecule has 0 saturated heterocycles. The molecule has 0 bridgehead atoms. The van der Waals surface area contributed by atoms with Crippen LogP contribution in [0.3, 0.4) is 0 Å². The van der Waals surface area contributed by atoms with Crippen LogP contribution in [0.2, 0.25) is 0 Å². The number of thioether (sulfide) groups is 1. The summed E-state index contributed by atoms with van der Waals surface area (Å²) >= 11 is 1.60. The van der Waals surface area contributed by atoms with Crippen LogP contribution in [-0.2, 0) is 14.3 Å². The summed E-state index contributed by atoms with van der Waals surface area (Å²) in [5.74, 6) is 0.207. The molecule has 2 N–H and O–H groups in total. The number of ether oxygens (including phenoxy) is 1. The molecule has 1 aromatic carbocycles. The maximum Gasteiger partial charge on any atom is 0.408 e. The van der Waals surface area contributed by atoms with Gasteiger partial charge >= 0.3 is 6.09 Å². The van der Waals surface area contributed by atoms with Crippen molar-refractivity contribution in [1.29, 1.82) is 0 Å². The Bertz CT molecular complexity index is 849. The van der Waals surface area contributed by atoms with E-state index in [1.807, 2.05) is 52.1 Å². The summed E-state index contributed by atoms with van der Waals surface area (Å²) < 4.78 is 5.44. The molecule has 0 aromatic heterocycles. The second-order valence-electron chi connectivity index (χ2n) is 10.4. The van der Waals surface area contributed by atoms with Gasteiger partial charge in [0, 0.05) is 12.6 Å². The third-order valence-corrected chi connectivity index (χ3v) is 6.48. The van der Waals surface area contributed by atoms with Crippen LogP contribution in [-0.4, -0.2) is 59.0 Å². The smallest absolute Gasteiger partial charge is 0.408 e. The third-order valence-electron chi connectivity index (χ3n) is 5.83. The van der Waals surface area contributed by atoms with Gasteiger partial charge in [-0.3, -0.25) is 9.59 Å². The minimum atomic E-state index is -0.800. The zero-order chi connectivity index (χ0) is 27.5. The second kappa shape index (κ2) is 15.1. The first-order chi connectivity index (χ1) is 16.9. The van der Waals surface area contributed by atoms with Crippen LogP contribution in [0.5, 0.6) is 0 Å². The van der Waals surface area contributed by atoms with Gasteiger partial charge in [0.05, 0.1) is 0 Å². The van der Waals surface area contributed by atoms with Crippen molar-refractivity contribution in [1.82, 2.24) is 15.5 Å². The predicted molar refractivity (Wildman–Crippen MR) is 149 cm³/mol. The molecule has 36 heavy (non-hydrogen) atoms. The first-order valence-corrected chi connectivity index (χ1v) is 14.4. The molecule has 0 radical (unpaired) electrons. The number of nitrogens with zero attached hydrogens (tertiary/aromatic N) is 1. The molecule has 1 aromatic rings. The van der Waals surface area contributed by atoms with E-state index in [1.165, 1.54) is 0 Å². The monoisotopic (exact) mass is 521 g/mol. The van der Waals surface area contributed by atoms with Crippen LogP contribution in [0.15, 0.2) is 18.2 Å². The van der Waals surface area contributed by atoms with Crippen molar-refractivity contribution in [3.05, 3.63) is 34.9 Å². The van der Waals surface area contributed by atoms with E-state index in [4.69, 9.17) is 4.74 Å². The van der Waals surface area contributed by atoms with Crippen molar-refractivity contribution in [2.24, 2.45) is 0 Å². The molecular weight excluding hydrogens is 474 g/mol. The fraction of sp³-hybridized carbons (Fsp3) is 0.679. The summed E-state index contributed by atoms with van der Waals surface area (Å²) in [5.41, 5.74) is 2.05. The fourth-order valence-electron chi connectivity index (χ4n) is 4.26. The lowest BCUT2D eigenvalue weighted by atomic mass is 9.93. The molecule has 0 fully saturated rings. The molecule has 1 rings (SSSR count). The van der Waals surface area contributed by atoms with E-state index >= 15 is 0 Å². The summed E-state index contributed by atoms with van der Waals surface area (Å²) in [7, 11) is 0. The number of hydrogen-bond donors (Lipinski definition) is 2. The van der Waals surface area contributed by atoms with Crippen LogP contribution in [0.25, 0.3) is 0 Å². The highest BCUT2D eigenvalue weighted by Gasteiger charge is 2.37. The van der Waals surface area contributed by atoms with Gasteiger partial charge in [-0.05, 0) is 89.5 Å². The Labute approximate surface area is 222 Å². The van der Waals surface area contributed by atoms with Crippen LogP contribution < -0.4 is 10.6 Å². The molecule has 0 spiro atoms. The van der Waals surface area contributed by atoms with Gasteiger partial charge < -0.3 is 20.3 Å². The predicted octanol–water partition coefficient (Wildman–Crippen LogP) is 5.53. The highest BCUT2D eigenvalue weighted by molar-refractivity contribution is 7.98. The number of amides is 3. The molecule has 3 unspecified atom stereocenters. The Kier molecular flexibility index (Phi) is 13.4. The number of nitrogens with one attached hydrogen (secondary N) is 2. The quantitative estimate of drug-likeness (QED) is 0.356. The van der Waals surface area contributed by atoms with Gasteiger partial charge in [-0.2, -0.15) is 11.8 Å². The Morgan fingerprint density at radius 3 is 2.14 bits per heavy atom. The average molecular weight is 522 g/mol. The number of benzene rings is 1. The van der Waals surface area contributed by atoms with Crippen LogP contribution in [0.1, 0.15) is 90.0 Å². The van der Waals surface area contributed by atoms with Gasteiger partial charge in [0.1, 0.15) is 17.7 Å². The normalized spacial score (nSPS) is 13.9. The number of hydrogen-bond acceptors (Lipinski definition) is 5. The molecule has 7 nitrogen and oxygen atoms in total. The summed E-state index contributed by atoms with van der Waals surface area (Å²) in [6, 6.07) is 4.29. The Morgan fingerprint density at radius 2 is 1.64 bits per heavy atom. The lowest BCUT2D eigenvalue weighted by Gasteiger charge is -2.36. The molecule has 0 heterocycles.